The predicted molar refractivity (Wildman–Crippen MR) is 77.8 cm³/mol. The Morgan fingerprint density at radius 1 is 1.26 bits per heavy atom. The molecule has 0 aliphatic heterocycles. The molecule has 0 radical (unpaired) electrons. The van der Waals surface area contributed by atoms with Gasteiger partial charge in [-0.15, -0.1) is 11.3 Å². The molecule has 1 aromatic heterocycles. The summed E-state index contributed by atoms with van der Waals surface area (Å²) in [5, 5.41) is 14.0. The van der Waals surface area contributed by atoms with Crippen LogP contribution in [0.2, 0.25) is 0 Å². The SMILES string of the molecule is CN(C)c1ccc(C(=O)Nc2sccc2C#N)cc1. The Bertz CT molecular complexity index is 623. The number of hydrogen-bond acceptors (Lipinski definition) is 4. The second-order valence-electron chi connectivity index (χ2n) is 4.17. The molecule has 5 heteroatoms. The van der Waals surface area contributed by atoms with Gasteiger partial charge in [0, 0.05) is 25.3 Å². The van der Waals surface area contributed by atoms with Crippen molar-refractivity contribution in [3.8, 4) is 6.07 Å². The Morgan fingerprint density at radius 3 is 2.53 bits per heavy atom. The zero-order chi connectivity index (χ0) is 13.8. The summed E-state index contributed by atoms with van der Waals surface area (Å²) in [6.45, 7) is 0. The van der Waals surface area contributed by atoms with Gasteiger partial charge in [0.2, 0.25) is 0 Å². The normalized spacial score (nSPS) is 9.74. The highest BCUT2D eigenvalue weighted by molar-refractivity contribution is 7.14. The number of hydrogen-bond donors (Lipinski definition) is 1. The van der Waals surface area contributed by atoms with Crippen LogP contribution in [0.1, 0.15) is 15.9 Å². The topological polar surface area (TPSA) is 56.1 Å². The molecular weight excluding hydrogens is 258 g/mol. The van der Waals surface area contributed by atoms with Gasteiger partial charge in [0.1, 0.15) is 11.1 Å². The Kier molecular flexibility index (Phi) is 3.83. The monoisotopic (exact) mass is 271 g/mol. The molecule has 96 valence electrons. The van der Waals surface area contributed by atoms with Gasteiger partial charge >= 0.3 is 0 Å². The maximum Gasteiger partial charge on any atom is 0.256 e. The van der Waals surface area contributed by atoms with Crippen molar-refractivity contribution in [2.75, 3.05) is 24.3 Å². The van der Waals surface area contributed by atoms with Gasteiger partial charge in [0.15, 0.2) is 0 Å². The number of amides is 1. The number of nitriles is 1. The second kappa shape index (κ2) is 5.55. The molecule has 0 spiro atoms. The molecule has 19 heavy (non-hydrogen) atoms. The number of carbonyl (C=O) groups excluding carboxylic acids is 1. The Morgan fingerprint density at radius 2 is 1.95 bits per heavy atom. The second-order valence-corrected chi connectivity index (χ2v) is 5.09. The molecule has 0 atom stereocenters. The van der Waals surface area contributed by atoms with Crippen LogP contribution in [0.15, 0.2) is 35.7 Å². The molecule has 2 rings (SSSR count). The fourth-order valence-corrected chi connectivity index (χ4v) is 2.31. The van der Waals surface area contributed by atoms with Crippen LogP contribution in [0.3, 0.4) is 0 Å². The van der Waals surface area contributed by atoms with E-state index in [1.54, 1.807) is 23.6 Å². The van der Waals surface area contributed by atoms with E-state index < -0.39 is 0 Å². The van der Waals surface area contributed by atoms with Crippen LogP contribution in [-0.2, 0) is 0 Å². The highest BCUT2D eigenvalue weighted by Crippen LogP contribution is 2.23. The van der Waals surface area contributed by atoms with E-state index in [0.29, 0.717) is 16.1 Å². The Labute approximate surface area is 115 Å². The lowest BCUT2D eigenvalue weighted by Crippen LogP contribution is -2.13. The van der Waals surface area contributed by atoms with Gasteiger partial charge in [-0.25, -0.2) is 0 Å². The van der Waals surface area contributed by atoms with Crippen LogP contribution in [0.4, 0.5) is 10.7 Å². The summed E-state index contributed by atoms with van der Waals surface area (Å²) >= 11 is 1.34. The highest BCUT2D eigenvalue weighted by Gasteiger charge is 2.10. The molecule has 0 bridgehead atoms. The summed E-state index contributed by atoms with van der Waals surface area (Å²) in [7, 11) is 3.89. The van der Waals surface area contributed by atoms with Gasteiger partial charge < -0.3 is 10.2 Å². The Hall–Kier alpha value is -2.32. The van der Waals surface area contributed by atoms with Crippen LogP contribution in [0, 0.1) is 11.3 Å². The van der Waals surface area contributed by atoms with Gasteiger partial charge in [-0.05, 0) is 35.7 Å². The zero-order valence-corrected chi connectivity index (χ0v) is 11.5. The molecule has 0 aliphatic rings. The fourth-order valence-electron chi connectivity index (χ4n) is 1.58. The predicted octanol–water partition coefficient (Wildman–Crippen LogP) is 2.94. The number of benzene rings is 1. The van der Waals surface area contributed by atoms with Crippen molar-refractivity contribution in [3.05, 3.63) is 46.8 Å². The summed E-state index contributed by atoms with van der Waals surface area (Å²) in [6, 6.07) is 11.0. The molecule has 1 heterocycles. The minimum Gasteiger partial charge on any atom is -0.378 e. The molecule has 1 aromatic carbocycles. The van der Waals surface area contributed by atoms with E-state index in [2.05, 4.69) is 5.32 Å². The molecule has 0 fully saturated rings. The minimum atomic E-state index is -0.204. The lowest BCUT2D eigenvalue weighted by molar-refractivity contribution is 0.102. The third-order valence-electron chi connectivity index (χ3n) is 2.66. The summed E-state index contributed by atoms with van der Waals surface area (Å²) in [5.74, 6) is -0.204. The van der Waals surface area contributed by atoms with Gasteiger partial charge in [-0.1, -0.05) is 0 Å². The minimum absolute atomic E-state index is 0.204. The highest BCUT2D eigenvalue weighted by atomic mass is 32.1. The van der Waals surface area contributed by atoms with Gasteiger partial charge in [0.05, 0.1) is 5.56 Å². The van der Waals surface area contributed by atoms with Crippen LogP contribution in [0.25, 0.3) is 0 Å². The van der Waals surface area contributed by atoms with Crippen LogP contribution in [0.5, 0.6) is 0 Å². The molecule has 0 unspecified atom stereocenters. The third kappa shape index (κ3) is 2.92. The van der Waals surface area contributed by atoms with Crippen LogP contribution < -0.4 is 10.2 Å². The molecular formula is C14H13N3OS. The Balaban J connectivity index is 2.14. The first-order valence-electron chi connectivity index (χ1n) is 5.68. The van der Waals surface area contributed by atoms with E-state index >= 15 is 0 Å². The van der Waals surface area contributed by atoms with E-state index in [4.69, 9.17) is 5.26 Å². The first-order valence-corrected chi connectivity index (χ1v) is 6.56. The average Bonchev–Trinajstić information content (AvgIpc) is 2.86. The first-order chi connectivity index (χ1) is 9.11. The summed E-state index contributed by atoms with van der Waals surface area (Å²) in [4.78, 5) is 14.0. The molecule has 0 saturated carbocycles. The smallest absolute Gasteiger partial charge is 0.256 e. The number of nitrogens with zero attached hydrogens (tertiary/aromatic N) is 2. The number of anilines is 2. The lowest BCUT2D eigenvalue weighted by atomic mass is 10.2. The van der Waals surface area contributed by atoms with Gasteiger partial charge in [0.25, 0.3) is 5.91 Å². The molecule has 0 saturated heterocycles. The van der Waals surface area contributed by atoms with Crippen molar-refractivity contribution in [1.82, 2.24) is 0 Å². The van der Waals surface area contributed by atoms with Crippen molar-refractivity contribution < 1.29 is 4.79 Å². The molecule has 2 aromatic rings. The molecule has 1 amide bonds. The van der Waals surface area contributed by atoms with E-state index in [-0.39, 0.29) is 5.91 Å². The van der Waals surface area contributed by atoms with Gasteiger partial charge in [-0.2, -0.15) is 5.26 Å². The van der Waals surface area contributed by atoms with Crippen molar-refractivity contribution in [2.45, 2.75) is 0 Å². The molecule has 1 N–H and O–H groups in total. The van der Waals surface area contributed by atoms with E-state index in [1.807, 2.05) is 37.2 Å². The quantitative estimate of drug-likeness (QED) is 0.933. The van der Waals surface area contributed by atoms with E-state index in [1.165, 1.54) is 11.3 Å². The number of thiophene rings is 1. The summed E-state index contributed by atoms with van der Waals surface area (Å²) in [5.41, 5.74) is 2.09. The van der Waals surface area contributed by atoms with Crippen molar-refractivity contribution >= 4 is 27.9 Å². The summed E-state index contributed by atoms with van der Waals surface area (Å²) in [6.07, 6.45) is 0. The largest absolute Gasteiger partial charge is 0.378 e. The van der Waals surface area contributed by atoms with E-state index in [9.17, 15) is 4.79 Å². The molecule has 4 nitrogen and oxygen atoms in total. The average molecular weight is 271 g/mol. The molecule has 0 aliphatic carbocycles. The van der Waals surface area contributed by atoms with Crippen molar-refractivity contribution in [3.63, 3.8) is 0 Å². The first kappa shape index (κ1) is 13.1. The number of rotatable bonds is 3. The van der Waals surface area contributed by atoms with E-state index in [0.717, 1.165) is 5.69 Å². The summed E-state index contributed by atoms with van der Waals surface area (Å²) < 4.78 is 0. The van der Waals surface area contributed by atoms with Crippen LogP contribution in [-0.4, -0.2) is 20.0 Å². The van der Waals surface area contributed by atoms with Crippen LogP contribution >= 0.6 is 11.3 Å². The lowest BCUT2D eigenvalue weighted by Gasteiger charge is -2.12. The third-order valence-corrected chi connectivity index (χ3v) is 3.49. The maximum absolute atomic E-state index is 12.0. The van der Waals surface area contributed by atoms with Crippen molar-refractivity contribution in [2.24, 2.45) is 0 Å². The zero-order valence-electron chi connectivity index (χ0n) is 10.7. The van der Waals surface area contributed by atoms with Gasteiger partial charge in [-0.3, -0.25) is 4.79 Å². The standard InChI is InChI=1S/C14H13N3OS/c1-17(2)12-5-3-10(4-6-12)13(18)16-14-11(9-15)7-8-19-14/h3-8H,1-2H3,(H,16,18). The van der Waals surface area contributed by atoms with Crippen molar-refractivity contribution in [1.29, 1.82) is 5.26 Å². The number of nitrogens with one attached hydrogen (secondary N) is 1. The fraction of sp³-hybridized carbons (Fsp3) is 0.143. The number of carbonyl (C=O) groups is 1. The maximum atomic E-state index is 12.0.